The number of nitrogens with zero attached hydrogens (tertiary/aromatic N) is 1. The summed E-state index contributed by atoms with van der Waals surface area (Å²) in [6, 6.07) is 53.3. The van der Waals surface area contributed by atoms with Gasteiger partial charge in [0.2, 0.25) is 0 Å². The van der Waals surface area contributed by atoms with Crippen LogP contribution in [0, 0.1) is 0 Å². The van der Waals surface area contributed by atoms with Gasteiger partial charge in [-0.3, -0.25) is 19.2 Å². The van der Waals surface area contributed by atoms with E-state index in [-0.39, 0.29) is 83.1 Å². The van der Waals surface area contributed by atoms with E-state index in [1.165, 1.54) is 69.6 Å². The topological polar surface area (TPSA) is 383 Å². The van der Waals surface area contributed by atoms with Gasteiger partial charge in [-0.15, -0.1) is 17.6 Å². The molecule has 120 heavy (non-hydrogen) atoms. The number of benzene rings is 9. The Labute approximate surface area is 720 Å². The molecular formula is C91H92Cl5N5O19. The molecule has 24 nitrogen and oxygen atoms in total. The summed E-state index contributed by atoms with van der Waals surface area (Å²) in [5.74, 6) is 1.37. The number of carboxylic acids is 1. The van der Waals surface area contributed by atoms with Crippen molar-refractivity contribution in [2.45, 2.75) is 107 Å². The number of hydrogen-bond acceptors (Lipinski definition) is 21. The van der Waals surface area contributed by atoms with E-state index in [2.05, 4.69) is 35.9 Å². The number of nitrogens with one attached hydrogen (secondary N) is 2. The molecule has 0 bridgehead atoms. The third-order valence-electron chi connectivity index (χ3n) is 21.0. The van der Waals surface area contributed by atoms with Gasteiger partial charge in [0, 0.05) is 48.7 Å². The van der Waals surface area contributed by atoms with Crippen molar-refractivity contribution < 1.29 is 91.9 Å². The number of carbonyl (C=O) groups excluding carboxylic acids is 10. The average Bonchev–Trinajstić information content (AvgIpc) is 1.68. The van der Waals surface area contributed by atoms with Gasteiger partial charge in [-0.25, -0.2) is 34.7 Å². The average molecular weight is 1740 g/mol. The zero-order valence-electron chi connectivity index (χ0n) is 66.4. The number of nitrogens with two attached hydrogens (primary N) is 2. The van der Waals surface area contributed by atoms with Gasteiger partial charge in [0.05, 0.1) is 107 Å². The molecule has 6 aliphatic rings. The standard InChI is InChI=1S/C19H18ClNO3.C18H16ClNO3.C12H13NO3.C12H15NO2.C12H12O3.C11H10O3.C7H4Cl2O.ClH.H3NO/c1-24-19(23)13-8-6-12-7-9-14(16(12)10-13)11-21-18(22)15-4-2-3-5-17(15)20;19-16-4-2-1-3-14(16)17(21)20-10-13-8-6-11-5-7-12(18(22)23)9-15(11)13;1-16-12(14)9-4-2-8-3-5-10(7-13-15)11(8)6-9;2*1-15-12(14)9-4-2-8-3-5-10(7-13)11(8)6-9;1-14-11(13)8-3-2-7-4-5-10(12)9(7)6-8;8-6-4-2-1-3-5(6)7(9)10;;1-2/h2-6,8,10,14H,7,9,11H2,1H3,(H,21,22);1-5,7,9,13H,6,8,10H2,(H,20,21)(H,22,23);2,4,6-7,10,15H,3,5H2,1H3;2,4,6,10H,3,5,7,13H2,1H3;2,4,6-7,10H,3,5H2,1H3;2-3,6H,4-5H2,1H3;1-4H;1H;2H,1H2/b;;13-7+;;;;;;. The maximum Gasteiger partial charge on any atom is 0.337 e. The zero-order valence-corrected chi connectivity index (χ0v) is 70.2. The molecule has 29 heteroatoms. The van der Waals surface area contributed by atoms with Gasteiger partial charge in [0.1, 0.15) is 6.29 Å². The number of fused-ring (bicyclic) bond motifs is 6. The lowest BCUT2D eigenvalue weighted by Crippen LogP contribution is -2.28. The number of Topliss-reactive ketones (excluding diaryl/α,β-unsaturated/α-hetero) is 1. The van der Waals surface area contributed by atoms with E-state index < -0.39 is 17.2 Å². The number of ether oxygens (including phenoxy) is 5. The Hall–Kier alpha value is -11.5. The number of amides is 2. The van der Waals surface area contributed by atoms with E-state index in [1.807, 2.05) is 60.7 Å². The Morgan fingerprint density at radius 2 is 0.742 bits per heavy atom. The molecule has 9 aromatic rings. The Bertz CT molecular complexity index is 5230. The lowest BCUT2D eigenvalue weighted by Gasteiger charge is -2.14. The highest BCUT2D eigenvalue weighted by molar-refractivity contribution is 6.68. The van der Waals surface area contributed by atoms with Gasteiger partial charge in [0.15, 0.2) is 5.78 Å². The van der Waals surface area contributed by atoms with Crippen LogP contribution in [0.1, 0.15) is 233 Å². The Kier molecular flexibility index (Phi) is 37.8. The maximum atomic E-state index is 12.3. The smallest absolute Gasteiger partial charge is 0.337 e. The number of aldehydes is 1. The van der Waals surface area contributed by atoms with Crippen molar-refractivity contribution in [2.24, 2.45) is 16.8 Å². The molecule has 15 rings (SSSR count). The molecule has 0 radical (unpaired) electrons. The van der Waals surface area contributed by atoms with Crippen molar-refractivity contribution in [3.8, 4) is 0 Å². The van der Waals surface area contributed by atoms with Gasteiger partial charge < -0.3 is 60.4 Å². The Morgan fingerprint density at radius 3 is 1.10 bits per heavy atom. The first kappa shape index (κ1) is 95.7. The number of methoxy groups -OCH3 is 5. The van der Waals surface area contributed by atoms with Crippen LogP contribution < -0.4 is 22.3 Å². The molecule has 5 atom stereocenters. The molecule has 2 amide bonds. The molecule has 0 aromatic heterocycles. The van der Waals surface area contributed by atoms with Crippen LogP contribution in [0.5, 0.6) is 0 Å². The molecule has 0 aliphatic heterocycles. The molecule has 0 spiro atoms. The summed E-state index contributed by atoms with van der Waals surface area (Å²) in [7, 11) is 6.82. The van der Waals surface area contributed by atoms with Crippen LogP contribution >= 0.6 is 58.8 Å². The predicted octanol–water partition coefficient (Wildman–Crippen LogP) is 16.3. The van der Waals surface area contributed by atoms with E-state index in [4.69, 9.17) is 77.1 Å². The Balaban J connectivity index is 0.000000195. The van der Waals surface area contributed by atoms with Crippen LogP contribution in [0.4, 0.5) is 0 Å². The van der Waals surface area contributed by atoms with Crippen LogP contribution in [-0.2, 0) is 67.0 Å². The van der Waals surface area contributed by atoms with Gasteiger partial charge in [0.25, 0.3) is 17.1 Å². The summed E-state index contributed by atoms with van der Waals surface area (Å²) in [4.78, 5) is 125. The van der Waals surface area contributed by atoms with Crippen LogP contribution in [0.15, 0.2) is 187 Å². The van der Waals surface area contributed by atoms with E-state index in [0.29, 0.717) is 97.1 Å². The number of oxime groups is 1. The maximum absolute atomic E-state index is 12.3. The summed E-state index contributed by atoms with van der Waals surface area (Å²) in [6.45, 7) is 1.64. The van der Waals surface area contributed by atoms with Gasteiger partial charge in [-0.05, 0) is 265 Å². The summed E-state index contributed by atoms with van der Waals surface area (Å²) in [6.07, 6.45) is 13.3. The van der Waals surface area contributed by atoms with Crippen LogP contribution in [0.3, 0.4) is 0 Å². The van der Waals surface area contributed by atoms with E-state index in [0.717, 1.165) is 110 Å². The minimum atomic E-state index is -0.932. The molecule has 0 saturated heterocycles. The second-order valence-corrected chi connectivity index (χ2v) is 29.5. The third-order valence-corrected chi connectivity index (χ3v) is 22.2. The molecule has 9 N–H and O–H groups in total. The van der Waals surface area contributed by atoms with Gasteiger partial charge in [-0.2, -0.15) is 0 Å². The van der Waals surface area contributed by atoms with Crippen molar-refractivity contribution in [1.29, 1.82) is 0 Å². The minimum absolute atomic E-state index is 0. The second-order valence-electron chi connectivity index (χ2n) is 27.9. The normalized spacial score (nSPS) is 15.8. The number of carbonyl (C=O) groups is 11. The van der Waals surface area contributed by atoms with Crippen molar-refractivity contribution >= 4 is 130 Å². The minimum Gasteiger partial charge on any atom is -0.478 e. The predicted molar refractivity (Wildman–Crippen MR) is 458 cm³/mol. The molecule has 0 fully saturated rings. The largest absolute Gasteiger partial charge is 0.478 e. The lowest BCUT2D eigenvalue weighted by molar-refractivity contribution is -0.109. The second kappa shape index (κ2) is 47.4. The van der Waals surface area contributed by atoms with E-state index >= 15 is 0 Å². The molecule has 0 saturated carbocycles. The number of halogens is 5. The molecule has 5 unspecified atom stereocenters. The number of hydrogen-bond donors (Lipinski definition) is 7. The summed E-state index contributed by atoms with van der Waals surface area (Å²) in [5.41, 5.74) is 23.1. The highest BCUT2D eigenvalue weighted by atomic mass is 35.5. The van der Waals surface area contributed by atoms with E-state index in [1.54, 1.807) is 121 Å². The molecular weight excluding hydrogens is 1640 g/mol. The number of aromatic carboxylic acids is 1. The lowest BCUT2D eigenvalue weighted by atomic mass is 9.99. The fourth-order valence-electron chi connectivity index (χ4n) is 14.7. The van der Waals surface area contributed by atoms with Crippen LogP contribution in [0.2, 0.25) is 15.1 Å². The highest BCUT2D eigenvalue weighted by Crippen LogP contribution is 2.38. The third kappa shape index (κ3) is 25.3. The number of rotatable bonds is 16. The first-order valence-corrected chi connectivity index (χ1v) is 39.4. The zero-order chi connectivity index (χ0) is 86.4. The number of carboxylic acid groups (broad SMARTS) is 1. The number of aryl methyl sites for hydroxylation is 6. The van der Waals surface area contributed by atoms with Crippen LogP contribution in [-0.4, -0.2) is 142 Å². The van der Waals surface area contributed by atoms with Crippen molar-refractivity contribution in [1.82, 2.24) is 10.6 Å². The number of esters is 5. The SMILES string of the molecule is COC(=O)c1ccc2c(c1)C(/C=N/O)CC2.COC(=O)c1ccc2c(c1)C(=O)CC2.COC(=O)c1ccc2c(c1)C(C=O)CC2.COC(=O)c1ccc2c(c1)C(CN)CC2.COC(=O)c1ccc2c(c1)C(CNC(=O)c1ccccc1Cl)CC2.Cl.NO.O=C(Cl)c1ccccc1Cl.O=C(O)c1ccc2c(c1)C(CNC(=O)c1ccccc1Cl)CC2. The van der Waals surface area contributed by atoms with Gasteiger partial charge >= 0.3 is 35.8 Å². The summed E-state index contributed by atoms with van der Waals surface area (Å²) in [5, 5.41) is 33.8. The fourth-order valence-corrected chi connectivity index (χ4v) is 15.6. The quantitative estimate of drug-likeness (QED) is 0.00898. The van der Waals surface area contributed by atoms with Crippen LogP contribution in [0.25, 0.3) is 0 Å². The summed E-state index contributed by atoms with van der Waals surface area (Å²) < 4.78 is 23.4. The Morgan fingerprint density at radius 1 is 0.425 bits per heavy atom. The molecule has 9 aromatic carbocycles. The van der Waals surface area contributed by atoms with Crippen molar-refractivity contribution in [3.05, 3.63) is 314 Å². The summed E-state index contributed by atoms with van der Waals surface area (Å²) >= 11 is 22.9. The highest BCUT2D eigenvalue weighted by Gasteiger charge is 2.30. The molecule has 630 valence electrons. The fraction of sp³-hybridized carbons (Fsp3) is 0.275. The van der Waals surface area contributed by atoms with Gasteiger partial charge in [-0.1, -0.05) is 108 Å². The van der Waals surface area contributed by atoms with E-state index in [9.17, 15) is 52.7 Å². The number of ketones is 1. The monoisotopic (exact) mass is 1730 g/mol. The van der Waals surface area contributed by atoms with Crippen molar-refractivity contribution in [3.63, 3.8) is 0 Å². The first-order chi connectivity index (χ1) is 57.4. The molecule has 6 aliphatic carbocycles. The first-order valence-electron chi connectivity index (χ1n) is 37.9. The molecule has 0 heterocycles. The van der Waals surface area contributed by atoms with Crippen molar-refractivity contribution in [2.75, 3.05) is 55.2 Å².